The van der Waals surface area contributed by atoms with Crippen molar-refractivity contribution in [2.75, 3.05) is 6.61 Å². The lowest BCUT2D eigenvalue weighted by Gasteiger charge is -2.04. The number of unbranched alkanes of at least 4 members (excludes halogenated alkanes) is 1. The number of hydrogen-bond donors (Lipinski definition) is 0. The molecule has 2 unspecified atom stereocenters. The summed E-state index contributed by atoms with van der Waals surface area (Å²) in [7, 11) is 0. The molecule has 0 aromatic heterocycles. The molecule has 0 heterocycles. The quantitative estimate of drug-likeness (QED) is 0.309. The first kappa shape index (κ1) is 13.9. The zero-order chi connectivity index (χ0) is 13.1. The van der Waals surface area contributed by atoms with Gasteiger partial charge in [0.1, 0.15) is 6.29 Å². The van der Waals surface area contributed by atoms with Gasteiger partial charge in [-0.25, -0.2) is 0 Å². The molecule has 1 saturated carbocycles. The minimum atomic E-state index is -0.122. The van der Waals surface area contributed by atoms with Crippen molar-refractivity contribution < 1.29 is 14.3 Å². The van der Waals surface area contributed by atoms with E-state index in [4.69, 9.17) is 4.74 Å². The Balaban J connectivity index is 2.55. The zero-order valence-electron chi connectivity index (χ0n) is 11.2. The molecule has 1 fully saturated rings. The maximum atomic E-state index is 11.8. The lowest BCUT2D eigenvalue weighted by molar-refractivity contribution is -0.146. The topological polar surface area (TPSA) is 43.4 Å². The number of carbonyl (C=O) groups is 2. The second-order valence-electron chi connectivity index (χ2n) is 5.37. The molecule has 1 aliphatic rings. The van der Waals surface area contributed by atoms with Gasteiger partial charge in [0, 0.05) is 0 Å². The highest BCUT2D eigenvalue weighted by Gasteiger charge is 2.61. The van der Waals surface area contributed by atoms with Gasteiger partial charge >= 0.3 is 5.97 Å². The second kappa shape index (κ2) is 5.48. The number of allylic oxidation sites excluding steroid dienone is 2. The Labute approximate surface area is 103 Å². The summed E-state index contributed by atoms with van der Waals surface area (Å²) in [6.45, 7) is 8.41. The Morgan fingerprint density at radius 2 is 2.06 bits per heavy atom. The first-order valence-electron chi connectivity index (χ1n) is 6.25. The van der Waals surface area contributed by atoms with Gasteiger partial charge in [-0.15, -0.1) is 0 Å². The van der Waals surface area contributed by atoms with Crippen molar-refractivity contribution in [1.29, 1.82) is 0 Å². The predicted molar refractivity (Wildman–Crippen MR) is 66.4 cm³/mol. The number of esters is 1. The summed E-state index contributed by atoms with van der Waals surface area (Å²) in [6.07, 6.45) is 4.65. The molecule has 2 atom stereocenters. The van der Waals surface area contributed by atoms with Gasteiger partial charge in [0.2, 0.25) is 0 Å². The molecule has 0 aliphatic heterocycles. The van der Waals surface area contributed by atoms with E-state index in [1.807, 2.05) is 19.9 Å². The van der Waals surface area contributed by atoms with Crippen LogP contribution in [0.5, 0.6) is 0 Å². The van der Waals surface area contributed by atoms with Crippen molar-refractivity contribution in [3.63, 3.8) is 0 Å². The van der Waals surface area contributed by atoms with E-state index in [0.717, 1.165) is 19.1 Å². The van der Waals surface area contributed by atoms with Crippen LogP contribution in [0.2, 0.25) is 0 Å². The maximum absolute atomic E-state index is 11.8. The van der Waals surface area contributed by atoms with Gasteiger partial charge in [0.25, 0.3) is 0 Å². The van der Waals surface area contributed by atoms with E-state index in [1.54, 1.807) is 6.92 Å². The standard InChI is InChI=1S/C14H22O3/c1-5-6-7-17-13(16)12-11(14(12,3)4)8-10(2)9-15/h8-9,11-12H,5-7H2,1-4H3. The Bertz CT molecular complexity index is 328. The molecule has 0 N–H and O–H groups in total. The van der Waals surface area contributed by atoms with Gasteiger partial charge in [-0.3, -0.25) is 9.59 Å². The average molecular weight is 238 g/mol. The molecule has 0 spiro atoms. The maximum Gasteiger partial charge on any atom is 0.310 e. The molecular formula is C14H22O3. The SMILES string of the molecule is CCCCOC(=O)C1C(C=C(C)C=O)C1(C)C. The van der Waals surface area contributed by atoms with E-state index in [9.17, 15) is 9.59 Å². The Hall–Kier alpha value is -1.12. The molecule has 0 bridgehead atoms. The molecule has 0 saturated heterocycles. The third-order valence-electron chi connectivity index (χ3n) is 3.54. The zero-order valence-corrected chi connectivity index (χ0v) is 11.2. The molecule has 0 radical (unpaired) electrons. The molecular weight excluding hydrogens is 216 g/mol. The lowest BCUT2D eigenvalue weighted by atomic mass is 10.1. The van der Waals surface area contributed by atoms with Crippen molar-refractivity contribution in [3.8, 4) is 0 Å². The highest BCUT2D eigenvalue weighted by Crippen LogP contribution is 2.59. The van der Waals surface area contributed by atoms with Crippen LogP contribution in [0.15, 0.2) is 11.6 Å². The smallest absolute Gasteiger partial charge is 0.310 e. The number of ether oxygens (including phenoxy) is 1. The summed E-state index contributed by atoms with van der Waals surface area (Å²) in [5, 5.41) is 0. The second-order valence-corrected chi connectivity index (χ2v) is 5.37. The summed E-state index contributed by atoms with van der Waals surface area (Å²) < 4.78 is 5.23. The Morgan fingerprint density at radius 3 is 2.59 bits per heavy atom. The van der Waals surface area contributed by atoms with Crippen LogP contribution in [0.3, 0.4) is 0 Å². The third-order valence-corrected chi connectivity index (χ3v) is 3.54. The molecule has 0 aromatic carbocycles. The van der Waals surface area contributed by atoms with Gasteiger partial charge in [-0.2, -0.15) is 0 Å². The van der Waals surface area contributed by atoms with E-state index < -0.39 is 0 Å². The molecule has 0 aromatic rings. The van der Waals surface area contributed by atoms with Crippen molar-refractivity contribution in [2.45, 2.75) is 40.5 Å². The van der Waals surface area contributed by atoms with Crippen LogP contribution in [-0.2, 0) is 14.3 Å². The summed E-state index contributed by atoms with van der Waals surface area (Å²) in [6, 6.07) is 0. The summed E-state index contributed by atoms with van der Waals surface area (Å²) in [5.41, 5.74) is 0.611. The highest BCUT2D eigenvalue weighted by atomic mass is 16.5. The van der Waals surface area contributed by atoms with Crippen LogP contribution in [0.1, 0.15) is 40.5 Å². The molecule has 1 aliphatic carbocycles. The molecule has 17 heavy (non-hydrogen) atoms. The van der Waals surface area contributed by atoms with Crippen LogP contribution in [0.25, 0.3) is 0 Å². The molecule has 96 valence electrons. The monoisotopic (exact) mass is 238 g/mol. The van der Waals surface area contributed by atoms with Crippen LogP contribution in [-0.4, -0.2) is 18.9 Å². The van der Waals surface area contributed by atoms with Crippen molar-refractivity contribution >= 4 is 12.3 Å². The minimum Gasteiger partial charge on any atom is -0.465 e. The van der Waals surface area contributed by atoms with E-state index in [0.29, 0.717) is 12.2 Å². The first-order valence-corrected chi connectivity index (χ1v) is 6.25. The Kier molecular flexibility index (Phi) is 4.49. The van der Waals surface area contributed by atoms with Gasteiger partial charge in [-0.1, -0.05) is 33.3 Å². The van der Waals surface area contributed by atoms with Crippen molar-refractivity contribution in [3.05, 3.63) is 11.6 Å². The first-order chi connectivity index (χ1) is 7.95. The number of carbonyl (C=O) groups excluding carboxylic acids is 2. The van der Waals surface area contributed by atoms with Gasteiger partial charge in [0.15, 0.2) is 0 Å². The van der Waals surface area contributed by atoms with Crippen molar-refractivity contribution in [2.24, 2.45) is 17.3 Å². The Morgan fingerprint density at radius 1 is 1.41 bits per heavy atom. The largest absolute Gasteiger partial charge is 0.465 e. The summed E-state index contributed by atoms with van der Waals surface area (Å²) in [5.74, 6) is -0.0699. The van der Waals surface area contributed by atoms with Crippen LogP contribution >= 0.6 is 0 Å². The molecule has 0 amide bonds. The average Bonchev–Trinajstić information content (AvgIpc) is 2.80. The predicted octanol–water partition coefficient (Wildman–Crippen LogP) is 2.75. The van der Waals surface area contributed by atoms with Gasteiger partial charge in [0.05, 0.1) is 12.5 Å². The van der Waals surface area contributed by atoms with Crippen molar-refractivity contribution in [1.82, 2.24) is 0 Å². The van der Waals surface area contributed by atoms with E-state index in [2.05, 4.69) is 6.92 Å². The normalized spacial score (nSPS) is 26.5. The fraction of sp³-hybridized carbons (Fsp3) is 0.714. The molecule has 3 heteroatoms. The number of hydrogen-bond acceptors (Lipinski definition) is 3. The third kappa shape index (κ3) is 3.18. The van der Waals surface area contributed by atoms with Crippen LogP contribution in [0.4, 0.5) is 0 Å². The van der Waals surface area contributed by atoms with E-state index in [-0.39, 0.29) is 23.2 Å². The molecule has 1 rings (SSSR count). The fourth-order valence-corrected chi connectivity index (χ4v) is 2.17. The highest BCUT2D eigenvalue weighted by molar-refractivity contribution is 5.79. The van der Waals surface area contributed by atoms with Gasteiger partial charge < -0.3 is 4.74 Å². The summed E-state index contributed by atoms with van der Waals surface area (Å²) >= 11 is 0. The van der Waals surface area contributed by atoms with E-state index >= 15 is 0 Å². The number of aldehydes is 1. The fourth-order valence-electron chi connectivity index (χ4n) is 2.17. The molecule has 3 nitrogen and oxygen atoms in total. The minimum absolute atomic E-state index is 0.0758. The summed E-state index contributed by atoms with van der Waals surface area (Å²) in [4.78, 5) is 22.4. The van der Waals surface area contributed by atoms with E-state index in [1.165, 1.54) is 0 Å². The lowest BCUT2D eigenvalue weighted by Crippen LogP contribution is -2.11. The van der Waals surface area contributed by atoms with Crippen LogP contribution < -0.4 is 0 Å². The van der Waals surface area contributed by atoms with Gasteiger partial charge in [-0.05, 0) is 30.3 Å². The number of rotatable bonds is 6. The van der Waals surface area contributed by atoms with Crippen LogP contribution in [0, 0.1) is 17.3 Å².